The Morgan fingerprint density at radius 1 is 1.53 bits per heavy atom. The third-order valence-corrected chi connectivity index (χ3v) is 3.76. The Bertz CT molecular complexity index is 435. The normalized spacial score (nSPS) is 12.5. The number of carbonyl (C=O) groups excluding carboxylic acids is 1. The second-order valence-corrected chi connectivity index (χ2v) is 6.16. The van der Waals surface area contributed by atoms with Crippen LogP contribution in [0.5, 0.6) is 0 Å². The predicted molar refractivity (Wildman–Crippen MR) is 81.9 cm³/mol. The van der Waals surface area contributed by atoms with Crippen molar-refractivity contribution < 1.29 is 4.79 Å². The summed E-state index contributed by atoms with van der Waals surface area (Å²) in [5, 5.41) is 2.82. The summed E-state index contributed by atoms with van der Waals surface area (Å²) in [5.41, 5.74) is 6.75. The Balaban J connectivity index is 2.56. The van der Waals surface area contributed by atoms with E-state index in [1.165, 1.54) is 0 Å². The van der Waals surface area contributed by atoms with Gasteiger partial charge in [0, 0.05) is 17.1 Å². The molecule has 106 valence electrons. The van der Waals surface area contributed by atoms with E-state index < -0.39 is 0 Å². The minimum absolute atomic E-state index is 0.0228. The summed E-state index contributed by atoms with van der Waals surface area (Å²) in [7, 11) is 0. The van der Waals surface area contributed by atoms with Crippen molar-refractivity contribution in [1.29, 1.82) is 0 Å². The van der Waals surface area contributed by atoms with Crippen molar-refractivity contribution in [3.05, 3.63) is 22.3 Å². The highest BCUT2D eigenvalue weighted by molar-refractivity contribution is 9.10. The van der Waals surface area contributed by atoms with Gasteiger partial charge in [0.2, 0.25) is 5.91 Å². The van der Waals surface area contributed by atoms with Crippen molar-refractivity contribution in [3.63, 3.8) is 0 Å². The Hall–Kier alpha value is -0.940. The molecule has 19 heavy (non-hydrogen) atoms. The molecule has 5 heteroatoms. The lowest BCUT2D eigenvalue weighted by molar-refractivity contribution is -0.117. The van der Waals surface area contributed by atoms with Crippen LogP contribution in [0.3, 0.4) is 0 Å². The molecule has 4 nitrogen and oxygen atoms in total. The van der Waals surface area contributed by atoms with Crippen LogP contribution in [0.2, 0.25) is 0 Å². The molecule has 1 aromatic rings. The second kappa shape index (κ2) is 7.60. The number of hydrogen-bond donors (Lipinski definition) is 2. The number of anilines is 1. The maximum Gasteiger partial charge on any atom is 0.225 e. The van der Waals surface area contributed by atoms with Gasteiger partial charge in [-0.1, -0.05) is 13.8 Å². The molecule has 1 atom stereocenters. The summed E-state index contributed by atoms with van der Waals surface area (Å²) >= 11 is 3.38. The number of aryl methyl sites for hydroxylation is 1. The highest BCUT2D eigenvalue weighted by Crippen LogP contribution is 2.18. The molecule has 0 aliphatic rings. The highest BCUT2D eigenvalue weighted by atomic mass is 79.9. The molecule has 3 N–H and O–H groups in total. The first-order valence-corrected chi connectivity index (χ1v) is 7.33. The van der Waals surface area contributed by atoms with Gasteiger partial charge >= 0.3 is 0 Å². The van der Waals surface area contributed by atoms with Crippen LogP contribution >= 0.6 is 15.9 Å². The van der Waals surface area contributed by atoms with Gasteiger partial charge in [0.25, 0.3) is 0 Å². The number of halogens is 1. The van der Waals surface area contributed by atoms with Gasteiger partial charge in [0.05, 0.1) is 0 Å². The van der Waals surface area contributed by atoms with Crippen LogP contribution in [0.15, 0.2) is 16.7 Å². The molecule has 1 rings (SSSR count). The summed E-state index contributed by atoms with van der Waals surface area (Å²) in [4.78, 5) is 16.1. The van der Waals surface area contributed by atoms with Gasteiger partial charge in [-0.25, -0.2) is 4.98 Å². The van der Waals surface area contributed by atoms with Gasteiger partial charge in [-0.3, -0.25) is 4.79 Å². The van der Waals surface area contributed by atoms with Crippen molar-refractivity contribution in [2.75, 3.05) is 11.9 Å². The Morgan fingerprint density at radius 2 is 2.21 bits per heavy atom. The number of amides is 1. The second-order valence-electron chi connectivity index (χ2n) is 5.30. The number of hydrogen-bond acceptors (Lipinski definition) is 3. The predicted octanol–water partition coefficient (Wildman–Crippen LogP) is 3.10. The fourth-order valence-electron chi connectivity index (χ4n) is 1.99. The molecule has 1 aromatic heterocycles. The van der Waals surface area contributed by atoms with Crippen LogP contribution in [-0.2, 0) is 4.79 Å². The molecule has 0 aromatic carbocycles. The van der Waals surface area contributed by atoms with Crippen molar-refractivity contribution >= 4 is 27.7 Å². The van der Waals surface area contributed by atoms with Crippen LogP contribution in [0.1, 0.15) is 32.3 Å². The van der Waals surface area contributed by atoms with E-state index in [0.29, 0.717) is 24.7 Å². The number of carbonyl (C=O) groups is 1. The maximum absolute atomic E-state index is 11.9. The van der Waals surface area contributed by atoms with E-state index in [0.717, 1.165) is 16.5 Å². The molecule has 0 radical (unpaired) electrons. The molecular weight excluding hydrogens is 306 g/mol. The van der Waals surface area contributed by atoms with E-state index in [1.807, 2.05) is 13.0 Å². The smallest absolute Gasteiger partial charge is 0.225 e. The Morgan fingerprint density at radius 3 is 2.74 bits per heavy atom. The highest BCUT2D eigenvalue weighted by Gasteiger charge is 2.14. The van der Waals surface area contributed by atoms with Crippen LogP contribution in [-0.4, -0.2) is 17.4 Å². The molecule has 0 fully saturated rings. The molecule has 1 heterocycles. The molecular formula is C14H22BrN3O. The maximum atomic E-state index is 11.9. The number of pyridine rings is 1. The zero-order chi connectivity index (χ0) is 14.4. The first kappa shape index (κ1) is 16.1. The summed E-state index contributed by atoms with van der Waals surface area (Å²) in [6.07, 6.45) is 3.11. The monoisotopic (exact) mass is 327 g/mol. The first-order chi connectivity index (χ1) is 8.92. The van der Waals surface area contributed by atoms with Crippen molar-refractivity contribution in [2.24, 2.45) is 17.6 Å². The average Bonchev–Trinajstić information content (AvgIpc) is 2.32. The molecule has 0 bridgehead atoms. The minimum atomic E-state index is -0.0228. The van der Waals surface area contributed by atoms with Crippen LogP contribution in [0, 0.1) is 18.8 Å². The number of nitrogens with one attached hydrogen (secondary N) is 1. The van der Waals surface area contributed by atoms with Crippen molar-refractivity contribution in [1.82, 2.24) is 4.98 Å². The van der Waals surface area contributed by atoms with E-state index in [-0.39, 0.29) is 11.8 Å². The van der Waals surface area contributed by atoms with Gasteiger partial charge in [-0.05, 0) is 59.3 Å². The lowest BCUT2D eigenvalue weighted by Crippen LogP contribution is -2.23. The third kappa shape index (κ3) is 5.70. The van der Waals surface area contributed by atoms with Gasteiger partial charge < -0.3 is 11.1 Å². The van der Waals surface area contributed by atoms with E-state index in [1.54, 1.807) is 6.20 Å². The SMILES string of the molecule is Cc1cc(NC(=O)C[C@@H](CN)CC(C)C)ncc1Br. The Labute approximate surface area is 123 Å². The van der Waals surface area contributed by atoms with E-state index in [2.05, 4.69) is 40.1 Å². The zero-order valence-electron chi connectivity index (χ0n) is 11.7. The van der Waals surface area contributed by atoms with Crippen LogP contribution in [0.4, 0.5) is 5.82 Å². The zero-order valence-corrected chi connectivity index (χ0v) is 13.3. The van der Waals surface area contributed by atoms with E-state index in [9.17, 15) is 4.79 Å². The van der Waals surface area contributed by atoms with E-state index >= 15 is 0 Å². The van der Waals surface area contributed by atoms with Crippen molar-refractivity contribution in [2.45, 2.75) is 33.6 Å². The summed E-state index contributed by atoms with van der Waals surface area (Å²) < 4.78 is 0.935. The third-order valence-electron chi connectivity index (χ3n) is 2.93. The molecule has 1 amide bonds. The molecule has 0 aliphatic carbocycles. The van der Waals surface area contributed by atoms with Gasteiger partial charge in [-0.2, -0.15) is 0 Å². The van der Waals surface area contributed by atoms with Gasteiger partial charge in [0.1, 0.15) is 5.82 Å². The lowest BCUT2D eigenvalue weighted by atomic mass is 9.94. The average molecular weight is 328 g/mol. The van der Waals surface area contributed by atoms with Crippen molar-refractivity contribution in [3.8, 4) is 0 Å². The molecule has 0 unspecified atom stereocenters. The summed E-state index contributed by atoms with van der Waals surface area (Å²) in [5.74, 6) is 1.35. The number of nitrogens with two attached hydrogens (primary N) is 1. The van der Waals surface area contributed by atoms with Gasteiger partial charge in [-0.15, -0.1) is 0 Å². The quantitative estimate of drug-likeness (QED) is 0.843. The summed E-state index contributed by atoms with van der Waals surface area (Å²) in [6.45, 7) is 6.78. The molecule has 0 saturated heterocycles. The van der Waals surface area contributed by atoms with Crippen LogP contribution in [0.25, 0.3) is 0 Å². The molecule has 0 saturated carbocycles. The van der Waals surface area contributed by atoms with E-state index in [4.69, 9.17) is 5.73 Å². The summed E-state index contributed by atoms with van der Waals surface area (Å²) in [6, 6.07) is 1.85. The van der Waals surface area contributed by atoms with Gasteiger partial charge in [0.15, 0.2) is 0 Å². The Kier molecular flexibility index (Phi) is 6.45. The van der Waals surface area contributed by atoms with Crippen LogP contribution < -0.4 is 11.1 Å². The first-order valence-electron chi connectivity index (χ1n) is 6.54. The minimum Gasteiger partial charge on any atom is -0.330 e. The molecule has 0 aliphatic heterocycles. The standard InChI is InChI=1S/C14H22BrN3O/c1-9(2)4-11(7-16)6-14(19)18-13-5-10(3)12(15)8-17-13/h5,8-9,11H,4,6-7,16H2,1-3H3,(H,17,18,19)/t11-/m0/s1. The number of rotatable bonds is 6. The number of nitrogens with zero attached hydrogens (tertiary/aromatic N) is 1. The number of aromatic nitrogens is 1. The fraction of sp³-hybridized carbons (Fsp3) is 0.571. The largest absolute Gasteiger partial charge is 0.330 e. The fourth-order valence-corrected chi connectivity index (χ4v) is 2.21. The lowest BCUT2D eigenvalue weighted by Gasteiger charge is -2.16. The molecule has 0 spiro atoms. The topological polar surface area (TPSA) is 68.0 Å².